The molecular weight excluding hydrogens is 462 g/mol. The summed E-state index contributed by atoms with van der Waals surface area (Å²) >= 11 is 3.37. The number of hydrogen-bond donors (Lipinski definition) is 0. The first kappa shape index (κ1) is 22.0. The van der Waals surface area contributed by atoms with Crippen LogP contribution in [-0.2, 0) is 14.8 Å². The predicted molar refractivity (Wildman–Crippen MR) is 123 cm³/mol. The summed E-state index contributed by atoms with van der Waals surface area (Å²) < 4.78 is 29.2. The van der Waals surface area contributed by atoms with Crippen LogP contribution in [0.4, 0.5) is 0 Å². The summed E-state index contributed by atoms with van der Waals surface area (Å²) in [5.41, 5.74) is 4.17. The summed E-state index contributed by atoms with van der Waals surface area (Å²) in [6.07, 6.45) is 5.96. The van der Waals surface area contributed by atoms with E-state index < -0.39 is 10.0 Å². The number of halogens is 1. The minimum absolute atomic E-state index is 0.0647. The van der Waals surface area contributed by atoms with Crippen LogP contribution in [0.1, 0.15) is 59.3 Å². The van der Waals surface area contributed by atoms with Crippen molar-refractivity contribution in [1.29, 1.82) is 0 Å². The second-order valence-electron chi connectivity index (χ2n) is 9.51. The maximum Gasteiger partial charge on any atom is 0.243 e. The first-order chi connectivity index (χ1) is 14.1. The lowest BCUT2D eigenvalue weighted by Crippen LogP contribution is -2.38. The van der Waals surface area contributed by atoms with Gasteiger partial charge in [0.1, 0.15) is 0 Å². The van der Waals surface area contributed by atoms with Gasteiger partial charge in [0.2, 0.25) is 10.0 Å². The molecule has 0 aromatic heterocycles. The van der Waals surface area contributed by atoms with Gasteiger partial charge in [-0.1, -0.05) is 40.4 Å². The maximum absolute atomic E-state index is 13.4. The van der Waals surface area contributed by atoms with Crippen LogP contribution in [0, 0.1) is 11.3 Å². The Labute approximate surface area is 188 Å². The lowest BCUT2D eigenvalue weighted by atomic mass is 9.62. The van der Waals surface area contributed by atoms with Crippen molar-refractivity contribution in [2.24, 2.45) is 11.3 Å². The lowest BCUT2D eigenvalue weighted by Gasteiger charge is -2.39. The molecular formula is C24H30BrNO3S. The minimum Gasteiger partial charge on any atom is -0.294 e. The Morgan fingerprint density at radius 2 is 1.73 bits per heavy atom. The second-order valence-corrected chi connectivity index (χ2v) is 12.4. The van der Waals surface area contributed by atoms with Gasteiger partial charge in [-0.15, -0.1) is 0 Å². The van der Waals surface area contributed by atoms with Gasteiger partial charge in [-0.2, -0.15) is 4.31 Å². The van der Waals surface area contributed by atoms with Crippen LogP contribution in [-0.4, -0.2) is 31.6 Å². The molecule has 4 nitrogen and oxygen atoms in total. The van der Waals surface area contributed by atoms with Crippen molar-refractivity contribution in [2.75, 3.05) is 13.1 Å². The number of fused-ring (bicyclic) bond motifs is 1. The number of Topliss-reactive ketones (excluding diaryl/α,β-unsaturated/α-hetero) is 1. The Hall–Kier alpha value is -1.24. The van der Waals surface area contributed by atoms with Crippen molar-refractivity contribution in [3.8, 4) is 0 Å². The molecule has 2 saturated carbocycles. The molecule has 1 aliphatic heterocycles. The molecule has 162 valence electrons. The van der Waals surface area contributed by atoms with Gasteiger partial charge in [-0.25, -0.2) is 8.42 Å². The predicted octanol–water partition coefficient (Wildman–Crippen LogP) is 5.65. The standard InChI is InChI=1S/C24H30BrNO3S/c1-16(2)22-20-14-26(30(28,29)19-11-9-18(25)10-12-19)15-24(20,3)13-21(27)23(22)17-7-5-4-6-8-17/h9-12,20H,4-8,13-15H2,1-3H3. The number of hydrogen-bond acceptors (Lipinski definition) is 3. The Kier molecular flexibility index (Phi) is 5.88. The molecule has 1 saturated heterocycles. The van der Waals surface area contributed by atoms with E-state index in [4.69, 9.17) is 0 Å². The maximum atomic E-state index is 13.4. The average molecular weight is 492 g/mol. The molecule has 2 unspecified atom stereocenters. The summed E-state index contributed by atoms with van der Waals surface area (Å²) in [6.45, 7) is 7.08. The molecule has 1 aromatic rings. The van der Waals surface area contributed by atoms with Crippen molar-refractivity contribution < 1.29 is 13.2 Å². The molecule has 0 radical (unpaired) electrons. The van der Waals surface area contributed by atoms with Gasteiger partial charge < -0.3 is 0 Å². The second kappa shape index (κ2) is 8.03. The summed E-state index contributed by atoms with van der Waals surface area (Å²) in [5.74, 6) is 0.277. The van der Waals surface area contributed by atoms with E-state index in [9.17, 15) is 13.2 Å². The molecule has 0 amide bonds. The number of nitrogens with zero attached hydrogens (tertiary/aromatic N) is 1. The number of allylic oxidation sites excluding steroid dienone is 3. The molecule has 2 atom stereocenters. The first-order valence-corrected chi connectivity index (χ1v) is 13.1. The van der Waals surface area contributed by atoms with Crippen molar-refractivity contribution in [1.82, 2.24) is 4.31 Å². The zero-order valence-electron chi connectivity index (χ0n) is 18.0. The third-order valence-corrected chi connectivity index (χ3v) is 9.38. The van der Waals surface area contributed by atoms with Gasteiger partial charge in [0.15, 0.2) is 5.78 Å². The highest BCUT2D eigenvalue weighted by Gasteiger charge is 2.53. The van der Waals surface area contributed by atoms with Crippen LogP contribution in [0.5, 0.6) is 0 Å². The Bertz CT molecular complexity index is 1030. The van der Waals surface area contributed by atoms with Crippen LogP contribution in [0.2, 0.25) is 0 Å². The van der Waals surface area contributed by atoms with Gasteiger partial charge in [0.05, 0.1) is 4.90 Å². The summed E-state index contributed by atoms with van der Waals surface area (Å²) in [5, 5.41) is 0. The highest BCUT2D eigenvalue weighted by atomic mass is 79.9. The largest absolute Gasteiger partial charge is 0.294 e. The highest BCUT2D eigenvalue weighted by Crippen LogP contribution is 2.53. The van der Waals surface area contributed by atoms with E-state index in [1.807, 2.05) is 0 Å². The molecule has 2 aliphatic carbocycles. The summed E-state index contributed by atoms with van der Waals surface area (Å²) in [4.78, 5) is 13.7. The Balaban J connectivity index is 1.74. The zero-order valence-corrected chi connectivity index (χ0v) is 20.4. The fourth-order valence-corrected chi connectivity index (χ4v) is 7.41. The fourth-order valence-electron chi connectivity index (χ4n) is 5.55. The third kappa shape index (κ3) is 3.76. The normalized spacial score (nSPS) is 28.1. The number of rotatable bonds is 2. The van der Waals surface area contributed by atoms with E-state index in [2.05, 4.69) is 36.7 Å². The third-order valence-electron chi connectivity index (χ3n) is 7.03. The molecule has 3 aliphatic rings. The van der Waals surface area contributed by atoms with E-state index >= 15 is 0 Å². The van der Waals surface area contributed by atoms with E-state index in [0.29, 0.717) is 24.4 Å². The van der Waals surface area contributed by atoms with E-state index in [1.54, 1.807) is 28.6 Å². The van der Waals surface area contributed by atoms with E-state index in [1.165, 1.54) is 12.0 Å². The molecule has 4 rings (SSSR count). The molecule has 3 fully saturated rings. The van der Waals surface area contributed by atoms with Crippen LogP contribution < -0.4 is 0 Å². The van der Waals surface area contributed by atoms with Crippen molar-refractivity contribution in [3.05, 3.63) is 51.0 Å². The number of sulfonamides is 1. The molecule has 0 bridgehead atoms. The first-order valence-electron chi connectivity index (χ1n) is 10.8. The smallest absolute Gasteiger partial charge is 0.243 e. The number of benzene rings is 1. The monoisotopic (exact) mass is 491 g/mol. The average Bonchev–Trinajstić information content (AvgIpc) is 3.05. The van der Waals surface area contributed by atoms with Gasteiger partial charge in [-0.05, 0) is 74.8 Å². The van der Waals surface area contributed by atoms with Crippen molar-refractivity contribution >= 4 is 31.7 Å². The van der Waals surface area contributed by atoms with Gasteiger partial charge in [0, 0.05) is 35.5 Å². The number of carbonyl (C=O) groups excluding carboxylic acids is 1. The van der Waals surface area contributed by atoms with Gasteiger partial charge >= 0.3 is 0 Å². The quantitative estimate of drug-likeness (QED) is 0.502. The molecule has 0 N–H and O–H groups in total. The SMILES string of the molecule is CC(C)=C1C(=C2CCCCC2)C(=O)CC2(C)CN(S(=O)(=O)c3ccc(Br)cc3)CC12. The summed E-state index contributed by atoms with van der Waals surface area (Å²) in [6, 6.07) is 6.81. The Morgan fingerprint density at radius 1 is 1.10 bits per heavy atom. The van der Waals surface area contributed by atoms with Gasteiger partial charge in [0.25, 0.3) is 0 Å². The minimum atomic E-state index is -3.60. The van der Waals surface area contributed by atoms with Crippen molar-refractivity contribution in [3.63, 3.8) is 0 Å². The van der Waals surface area contributed by atoms with Crippen LogP contribution >= 0.6 is 15.9 Å². The molecule has 6 heteroatoms. The van der Waals surface area contributed by atoms with E-state index in [0.717, 1.165) is 46.9 Å². The highest BCUT2D eigenvalue weighted by molar-refractivity contribution is 9.10. The van der Waals surface area contributed by atoms with Crippen LogP contribution in [0.15, 0.2) is 55.9 Å². The zero-order chi connectivity index (χ0) is 21.7. The molecule has 0 spiro atoms. The van der Waals surface area contributed by atoms with Gasteiger partial charge in [-0.3, -0.25) is 4.79 Å². The molecule has 30 heavy (non-hydrogen) atoms. The summed E-state index contributed by atoms with van der Waals surface area (Å²) in [7, 11) is -3.60. The fraction of sp³-hybridized carbons (Fsp3) is 0.542. The number of carbonyl (C=O) groups is 1. The Morgan fingerprint density at radius 3 is 2.33 bits per heavy atom. The molecule has 1 heterocycles. The lowest BCUT2D eigenvalue weighted by molar-refractivity contribution is -0.118. The number of ketones is 1. The topological polar surface area (TPSA) is 54.5 Å². The van der Waals surface area contributed by atoms with Crippen molar-refractivity contribution in [2.45, 2.75) is 64.2 Å². The van der Waals surface area contributed by atoms with Crippen LogP contribution in [0.25, 0.3) is 0 Å². The van der Waals surface area contributed by atoms with E-state index in [-0.39, 0.29) is 17.1 Å². The molecule has 1 aromatic carbocycles. The van der Waals surface area contributed by atoms with Crippen LogP contribution in [0.3, 0.4) is 0 Å².